The molecule has 0 unspecified atom stereocenters. The standard InChI is InChI=1S/C29H43N7/c1-4-26-28(32-20-33-29(26)35(2)3)34-24-10-8-21(9-11-24)16-22-17-25(36-14-6-5-7-15-36)18-23-19-30-12-13-31-27(22)23/h12-13,18,20-22,24H,4-11,14-17,19H2,1-3H3,(H,32,33,34)/t21-,22-,24+/m1/s1. The maximum atomic E-state index is 4.90. The van der Waals surface area contributed by atoms with Gasteiger partial charge in [0.1, 0.15) is 18.0 Å². The van der Waals surface area contributed by atoms with E-state index in [1.54, 1.807) is 6.33 Å². The van der Waals surface area contributed by atoms with E-state index in [1.165, 1.54) is 87.0 Å². The Bertz CT molecular complexity index is 1020. The molecule has 2 aliphatic carbocycles. The van der Waals surface area contributed by atoms with Crippen molar-refractivity contribution in [3.8, 4) is 0 Å². The first-order valence-electron chi connectivity index (χ1n) is 14.1. The summed E-state index contributed by atoms with van der Waals surface area (Å²) in [7, 11) is 4.11. The van der Waals surface area contributed by atoms with Crippen molar-refractivity contribution in [2.45, 2.75) is 77.2 Å². The minimum absolute atomic E-state index is 0.491. The highest BCUT2D eigenvalue weighted by Gasteiger charge is 2.31. The van der Waals surface area contributed by atoms with Gasteiger partial charge >= 0.3 is 0 Å². The van der Waals surface area contributed by atoms with E-state index in [0.29, 0.717) is 12.0 Å². The number of allylic oxidation sites excluding steroid dienone is 2. The van der Waals surface area contributed by atoms with Crippen LogP contribution in [0, 0.1) is 11.8 Å². The van der Waals surface area contributed by atoms with E-state index >= 15 is 0 Å². The first kappa shape index (κ1) is 25.0. The molecular weight excluding hydrogens is 446 g/mol. The molecule has 2 aliphatic heterocycles. The third-order valence-electron chi connectivity index (χ3n) is 8.43. The highest BCUT2D eigenvalue weighted by atomic mass is 15.2. The van der Waals surface area contributed by atoms with Gasteiger partial charge in [-0.05, 0) is 81.8 Å². The summed E-state index contributed by atoms with van der Waals surface area (Å²) >= 11 is 0. The van der Waals surface area contributed by atoms with Crippen LogP contribution in [0.2, 0.25) is 0 Å². The molecule has 1 saturated carbocycles. The summed E-state index contributed by atoms with van der Waals surface area (Å²) in [5.41, 5.74) is 5.41. The molecule has 7 heteroatoms. The van der Waals surface area contributed by atoms with Crippen LogP contribution >= 0.6 is 0 Å². The Morgan fingerprint density at radius 1 is 1.03 bits per heavy atom. The van der Waals surface area contributed by atoms with Crippen LogP contribution in [0.25, 0.3) is 0 Å². The lowest BCUT2D eigenvalue weighted by Crippen LogP contribution is -2.33. The van der Waals surface area contributed by atoms with Crippen LogP contribution in [-0.2, 0) is 6.42 Å². The topological polar surface area (TPSA) is 69.0 Å². The van der Waals surface area contributed by atoms with Gasteiger partial charge in [0.25, 0.3) is 0 Å². The largest absolute Gasteiger partial charge is 0.375 e. The predicted molar refractivity (Wildman–Crippen MR) is 150 cm³/mol. The van der Waals surface area contributed by atoms with E-state index < -0.39 is 0 Å². The summed E-state index contributed by atoms with van der Waals surface area (Å²) in [5, 5.41) is 3.78. The molecule has 1 aromatic heterocycles. The highest BCUT2D eigenvalue weighted by molar-refractivity contribution is 6.16. The van der Waals surface area contributed by atoms with Gasteiger partial charge in [-0.1, -0.05) is 6.92 Å². The Labute approximate surface area is 216 Å². The average molecular weight is 490 g/mol. The van der Waals surface area contributed by atoms with Crippen molar-refractivity contribution in [3.05, 3.63) is 34.9 Å². The second-order valence-corrected chi connectivity index (χ2v) is 11.1. The molecule has 3 heterocycles. The maximum absolute atomic E-state index is 4.90. The Morgan fingerprint density at radius 3 is 2.58 bits per heavy atom. The van der Waals surface area contributed by atoms with E-state index in [-0.39, 0.29) is 0 Å². The summed E-state index contributed by atoms with van der Waals surface area (Å²) in [6.07, 6.45) is 20.2. The molecule has 4 aliphatic rings. The fourth-order valence-electron chi connectivity index (χ4n) is 6.55. The number of aliphatic imine (C=N–C) groups is 2. The van der Waals surface area contributed by atoms with Crippen molar-refractivity contribution >= 4 is 24.1 Å². The van der Waals surface area contributed by atoms with Crippen LogP contribution in [0.15, 0.2) is 39.4 Å². The van der Waals surface area contributed by atoms with Crippen LogP contribution in [0.5, 0.6) is 0 Å². The van der Waals surface area contributed by atoms with Gasteiger partial charge in [-0.25, -0.2) is 9.97 Å². The molecular formula is C29H43N7. The molecule has 0 aromatic carbocycles. The monoisotopic (exact) mass is 489 g/mol. The molecule has 1 saturated heterocycles. The molecule has 1 atom stereocenters. The lowest BCUT2D eigenvalue weighted by molar-refractivity contribution is 0.247. The predicted octanol–water partition coefficient (Wildman–Crippen LogP) is 5.26. The fraction of sp³-hybridized carbons (Fsp3) is 0.655. The third kappa shape index (κ3) is 5.65. The zero-order valence-corrected chi connectivity index (χ0v) is 22.4. The quantitative estimate of drug-likeness (QED) is 0.565. The van der Waals surface area contributed by atoms with Crippen molar-refractivity contribution in [1.82, 2.24) is 14.9 Å². The number of hydrogen-bond acceptors (Lipinski definition) is 7. The van der Waals surface area contributed by atoms with Gasteiger partial charge in [-0.3, -0.25) is 9.98 Å². The second-order valence-electron chi connectivity index (χ2n) is 11.1. The molecule has 36 heavy (non-hydrogen) atoms. The second kappa shape index (κ2) is 11.6. The van der Waals surface area contributed by atoms with Crippen LogP contribution in [-0.4, -0.2) is 67.1 Å². The number of likely N-dealkylation sites (tertiary alicyclic amines) is 1. The Kier molecular flexibility index (Phi) is 8.02. The third-order valence-corrected chi connectivity index (χ3v) is 8.43. The summed E-state index contributed by atoms with van der Waals surface area (Å²) in [5.74, 6) is 3.32. The SMILES string of the molecule is CCc1c(N[C@H]2CC[C@@H](C[C@@H]3CC(N4CCCCC4)=CC4=C3N=CC=NC4)CC2)ncnc1N(C)C. The fourth-order valence-corrected chi connectivity index (χ4v) is 6.55. The molecule has 1 aromatic rings. The van der Waals surface area contributed by atoms with Gasteiger partial charge in [0, 0.05) is 68.5 Å². The van der Waals surface area contributed by atoms with Crippen molar-refractivity contribution < 1.29 is 0 Å². The summed E-state index contributed by atoms with van der Waals surface area (Å²) < 4.78 is 0. The summed E-state index contributed by atoms with van der Waals surface area (Å²) in [6, 6.07) is 0.491. The van der Waals surface area contributed by atoms with E-state index in [1.807, 2.05) is 12.4 Å². The minimum atomic E-state index is 0.491. The van der Waals surface area contributed by atoms with Crippen molar-refractivity contribution in [2.24, 2.45) is 21.8 Å². The minimum Gasteiger partial charge on any atom is -0.375 e. The summed E-state index contributed by atoms with van der Waals surface area (Å²) in [6.45, 7) is 5.38. The van der Waals surface area contributed by atoms with Crippen molar-refractivity contribution in [2.75, 3.05) is 43.9 Å². The number of aromatic nitrogens is 2. The van der Waals surface area contributed by atoms with Gasteiger partial charge in [-0.15, -0.1) is 0 Å². The average Bonchev–Trinajstić information content (AvgIpc) is 3.16. The zero-order valence-electron chi connectivity index (χ0n) is 22.4. The Balaban J connectivity index is 1.22. The van der Waals surface area contributed by atoms with Crippen LogP contribution in [0.3, 0.4) is 0 Å². The lowest BCUT2D eigenvalue weighted by atomic mass is 9.76. The van der Waals surface area contributed by atoms with Crippen LogP contribution < -0.4 is 10.2 Å². The van der Waals surface area contributed by atoms with Gasteiger partial charge in [0.05, 0.1) is 6.54 Å². The number of piperidine rings is 1. The van der Waals surface area contributed by atoms with Crippen molar-refractivity contribution in [3.63, 3.8) is 0 Å². The molecule has 7 nitrogen and oxygen atoms in total. The van der Waals surface area contributed by atoms with Gasteiger partial charge < -0.3 is 15.1 Å². The zero-order chi connectivity index (χ0) is 24.9. The molecule has 2 fully saturated rings. The Morgan fingerprint density at radius 2 is 1.83 bits per heavy atom. The van der Waals surface area contributed by atoms with Crippen LogP contribution in [0.4, 0.5) is 11.6 Å². The van der Waals surface area contributed by atoms with Crippen LogP contribution in [0.1, 0.15) is 70.3 Å². The molecule has 0 spiro atoms. The van der Waals surface area contributed by atoms with E-state index in [9.17, 15) is 0 Å². The molecule has 0 bridgehead atoms. The van der Waals surface area contributed by atoms with Gasteiger partial charge in [0.15, 0.2) is 0 Å². The molecule has 0 amide bonds. The molecule has 194 valence electrons. The summed E-state index contributed by atoms with van der Waals surface area (Å²) in [4.78, 5) is 23.3. The lowest BCUT2D eigenvalue weighted by Gasteiger charge is -2.38. The first-order valence-corrected chi connectivity index (χ1v) is 14.1. The first-order chi connectivity index (χ1) is 17.6. The Hall–Kier alpha value is -2.70. The van der Waals surface area contributed by atoms with E-state index in [4.69, 9.17) is 4.99 Å². The molecule has 0 radical (unpaired) electrons. The molecule has 1 N–H and O–H groups in total. The molecule has 5 rings (SSSR count). The van der Waals surface area contributed by atoms with Gasteiger partial charge in [-0.2, -0.15) is 0 Å². The number of rotatable bonds is 7. The van der Waals surface area contributed by atoms with E-state index in [2.05, 4.69) is 57.2 Å². The van der Waals surface area contributed by atoms with Crippen molar-refractivity contribution in [1.29, 1.82) is 0 Å². The smallest absolute Gasteiger partial charge is 0.136 e. The maximum Gasteiger partial charge on any atom is 0.136 e. The van der Waals surface area contributed by atoms with E-state index in [0.717, 1.165) is 36.9 Å². The number of nitrogens with one attached hydrogen (secondary N) is 1. The highest BCUT2D eigenvalue weighted by Crippen LogP contribution is 2.41. The normalized spacial score (nSPS) is 26.4. The number of anilines is 2. The van der Waals surface area contributed by atoms with Gasteiger partial charge in [0.2, 0.25) is 0 Å². The number of nitrogens with zero attached hydrogens (tertiary/aromatic N) is 6. The number of hydrogen-bond donors (Lipinski definition) is 1.